The molecule has 0 fully saturated rings. The molecule has 4 rings (SSSR count). The Morgan fingerprint density at radius 3 is 2.20 bits per heavy atom. The van der Waals surface area contributed by atoms with Gasteiger partial charge in [0, 0.05) is 12.5 Å². The first-order chi connectivity index (χ1) is 16.8. The number of hydrogen-bond donors (Lipinski definition) is 5. The number of carboxylic acids is 1. The van der Waals surface area contributed by atoms with E-state index in [0.29, 0.717) is 0 Å². The summed E-state index contributed by atoms with van der Waals surface area (Å²) >= 11 is 0. The number of fused-ring (bicyclic) bond motifs is 3. The number of carbonyl (C=O) groups is 3. The molecule has 9 nitrogen and oxygen atoms in total. The predicted molar refractivity (Wildman–Crippen MR) is 127 cm³/mol. The average molecular weight is 476 g/mol. The molecule has 180 valence electrons. The number of phenolic OH excluding ortho intramolecular Hbond substituents is 1. The standard InChI is InChI=1S/C26H24N2O7/c29-15-9-10-23(21(11-15)25(32)33)28-24(31)12-16(30)13-27-26(34)35-14-22-19-7-3-1-5-17(19)18-6-2-4-8-20(18)22/h1-11,16,22,29-30H,12-14H2,(H,27,34)(H,28,31)(H,32,33). The Labute approximate surface area is 201 Å². The van der Waals surface area contributed by atoms with Crippen LogP contribution in [-0.2, 0) is 9.53 Å². The van der Waals surface area contributed by atoms with Crippen molar-refractivity contribution in [2.75, 3.05) is 18.5 Å². The van der Waals surface area contributed by atoms with Crippen LogP contribution in [-0.4, -0.2) is 52.5 Å². The van der Waals surface area contributed by atoms with Crippen molar-refractivity contribution in [3.05, 3.63) is 83.4 Å². The molecule has 0 saturated carbocycles. The van der Waals surface area contributed by atoms with E-state index in [-0.39, 0.29) is 42.5 Å². The summed E-state index contributed by atoms with van der Waals surface area (Å²) in [6.45, 7) is -0.110. The molecule has 0 bridgehead atoms. The first kappa shape index (κ1) is 23.8. The fourth-order valence-corrected chi connectivity index (χ4v) is 4.16. The highest BCUT2D eigenvalue weighted by Crippen LogP contribution is 2.44. The molecule has 0 aliphatic heterocycles. The zero-order chi connectivity index (χ0) is 24.9. The second-order valence-corrected chi connectivity index (χ2v) is 8.15. The molecule has 9 heteroatoms. The van der Waals surface area contributed by atoms with Gasteiger partial charge in [0.2, 0.25) is 5.91 Å². The summed E-state index contributed by atoms with van der Waals surface area (Å²) in [7, 11) is 0. The number of aromatic carboxylic acids is 1. The number of amides is 2. The molecular formula is C26H24N2O7. The molecule has 1 aliphatic rings. The number of rotatable bonds is 8. The molecule has 0 spiro atoms. The second kappa shape index (κ2) is 10.3. The van der Waals surface area contributed by atoms with E-state index >= 15 is 0 Å². The van der Waals surface area contributed by atoms with Crippen LogP contribution in [0.15, 0.2) is 66.7 Å². The third-order valence-corrected chi connectivity index (χ3v) is 5.75. The number of aliphatic hydroxyl groups excluding tert-OH is 1. The van der Waals surface area contributed by atoms with Crippen molar-refractivity contribution in [2.24, 2.45) is 0 Å². The van der Waals surface area contributed by atoms with Gasteiger partial charge in [0.15, 0.2) is 0 Å². The van der Waals surface area contributed by atoms with Gasteiger partial charge in [-0.15, -0.1) is 0 Å². The van der Waals surface area contributed by atoms with Gasteiger partial charge in [-0.1, -0.05) is 48.5 Å². The lowest BCUT2D eigenvalue weighted by Crippen LogP contribution is -2.35. The van der Waals surface area contributed by atoms with Crippen molar-refractivity contribution in [3.63, 3.8) is 0 Å². The summed E-state index contributed by atoms with van der Waals surface area (Å²) in [6, 6.07) is 19.4. The van der Waals surface area contributed by atoms with Gasteiger partial charge in [-0.05, 0) is 40.5 Å². The van der Waals surface area contributed by atoms with Crippen LogP contribution in [0, 0.1) is 0 Å². The molecule has 5 N–H and O–H groups in total. The Kier molecular flexibility index (Phi) is 6.98. The summed E-state index contributed by atoms with van der Waals surface area (Å²) < 4.78 is 5.39. The smallest absolute Gasteiger partial charge is 0.407 e. The van der Waals surface area contributed by atoms with Crippen LogP contribution in [0.1, 0.15) is 33.8 Å². The van der Waals surface area contributed by atoms with E-state index in [2.05, 4.69) is 10.6 Å². The zero-order valence-electron chi connectivity index (χ0n) is 18.6. The Hall–Kier alpha value is -4.37. The first-order valence-electron chi connectivity index (χ1n) is 11.0. The number of ether oxygens (including phenoxy) is 1. The van der Waals surface area contributed by atoms with Gasteiger partial charge in [0.1, 0.15) is 12.4 Å². The number of benzene rings is 3. The molecule has 0 saturated heterocycles. The van der Waals surface area contributed by atoms with Crippen LogP contribution in [0.4, 0.5) is 10.5 Å². The molecule has 3 aromatic carbocycles. The van der Waals surface area contributed by atoms with Crippen LogP contribution in [0.2, 0.25) is 0 Å². The normalized spacial score (nSPS) is 12.8. The Bertz CT molecular complexity index is 1230. The maximum atomic E-state index is 12.2. The fraction of sp³-hybridized carbons (Fsp3) is 0.192. The summed E-state index contributed by atoms with van der Waals surface area (Å²) in [5.41, 5.74) is 4.07. The molecule has 1 atom stereocenters. The van der Waals surface area contributed by atoms with Crippen LogP contribution < -0.4 is 10.6 Å². The number of aromatic hydroxyl groups is 1. The monoisotopic (exact) mass is 476 g/mol. The average Bonchev–Trinajstić information content (AvgIpc) is 3.16. The zero-order valence-corrected chi connectivity index (χ0v) is 18.6. The summed E-state index contributed by atoms with van der Waals surface area (Å²) in [5.74, 6) is -2.33. The molecule has 0 aromatic heterocycles. The molecule has 1 unspecified atom stereocenters. The number of carbonyl (C=O) groups excluding carboxylic acids is 2. The molecule has 3 aromatic rings. The summed E-state index contributed by atoms with van der Waals surface area (Å²) in [5, 5.41) is 33.6. The quantitative estimate of drug-likeness (QED) is 0.314. The van der Waals surface area contributed by atoms with E-state index in [0.717, 1.165) is 28.3 Å². The van der Waals surface area contributed by atoms with Crippen LogP contribution in [0.3, 0.4) is 0 Å². The van der Waals surface area contributed by atoms with E-state index in [9.17, 15) is 29.7 Å². The number of anilines is 1. The fourth-order valence-electron chi connectivity index (χ4n) is 4.16. The van der Waals surface area contributed by atoms with Gasteiger partial charge in [0.05, 0.1) is 23.8 Å². The van der Waals surface area contributed by atoms with Crippen LogP contribution in [0.25, 0.3) is 11.1 Å². The minimum atomic E-state index is -1.33. The van der Waals surface area contributed by atoms with Gasteiger partial charge in [0.25, 0.3) is 0 Å². The second-order valence-electron chi connectivity index (χ2n) is 8.15. The van der Waals surface area contributed by atoms with Gasteiger partial charge in [-0.2, -0.15) is 0 Å². The highest BCUT2D eigenvalue weighted by atomic mass is 16.5. The van der Waals surface area contributed by atoms with Crippen molar-refractivity contribution in [1.29, 1.82) is 0 Å². The highest BCUT2D eigenvalue weighted by molar-refractivity contribution is 6.01. The molecule has 2 amide bonds. The molecule has 1 aliphatic carbocycles. The van der Waals surface area contributed by atoms with Crippen molar-refractivity contribution < 1.29 is 34.4 Å². The number of nitrogens with one attached hydrogen (secondary N) is 2. The number of phenols is 1. The largest absolute Gasteiger partial charge is 0.508 e. The number of carboxylic acid groups (broad SMARTS) is 1. The highest BCUT2D eigenvalue weighted by Gasteiger charge is 2.29. The lowest BCUT2D eigenvalue weighted by molar-refractivity contribution is -0.118. The van der Waals surface area contributed by atoms with Gasteiger partial charge in [-0.25, -0.2) is 9.59 Å². The molecule has 0 radical (unpaired) electrons. The summed E-state index contributed by atoms with van der Waals surface area (Å²) in [6.07, 6.45) is -2.33. The summed E-state index contributed by atoms with van der Waals surface area (Å²) in [4.78, 5) is 35.7. The van der Waals surface area contributed by atoms with Crippen molar-refractivity contribution in [2.45, 2.75) is 18.4 Å². The molecular weight excluding hydrogens is 452 g/mol. The molecule has 0 heterocycles. The number of alkyl carbamates (subject to hydrolysis) is 1. The first-order valence-corrected chi connectivity index (χ1v) is 11.0. The lowest BCUT2D eigenvalue weighted by Gasteiger charge is -2.16. The van der Waals surface area contributed by atoms with Crippen molar-refractivity contribution >= 4 is 23.7 Å². The minimum absolute atomic E-state index is 0.0167. The van der Waals surface area contributed by atoms with E-state index in [1.165, 1.54) is 12.1 Å². The van der Waals surface area contributed by atoms with Gasteiger partial charge in [-0.3, -0.25) is 4.79 Å². The van der Waals surface area contributed by atoms with Crippen LogP contribution in [0.5, 0.6) is 5.75 Å². The maximum Gasteiger partial charge on any atom is 0.407 e. The SMILES string of the molecule is O=C(CC(O)CNC(=O)OCC1c2ccccc2-c2ccccc21)Nc1ccc(O)cc1C(=O)O. The topological polar surface area (TPSA) is 145 Å². The Morgan fingerprint density at radius 1 is 0.943 bits per heavy atom. The third kappa shape index (κ3) is 5.42. The maximum absolute atomic E-state index is 12.2. The van der Waals surface area contributed by atoms with E-state index in [4.69, 9.17) is 4.74 Å². The number of hydrogen-bond acceptors (Lipinski definition) is 6. The van der Waals surface area contributed by atoms with Crippen molar-refractivity contribution in [1.82, 2.24) is 5.32 Å². The Balaban J connectivity index is 1.27. The predicted octanol–water partition coefficient (Wildman–Crippen LogP) is 3.32. The minimum Gasteiger partial charge on any atom is -0.508 e. The van der Waals surface area contributed by atoms with Crippen molar-refractivity contribution in [3.8, 4) is 16.9 Å². The number of aliphatic hydroxyl groups is 1. The van der Waals surface area contributed by atoms with Gasteiger partial charge < -0.3 is 30.7 Å². The van der Waals surface area contributed by atoms with E-state index in [1.54, 1.807) is 0 Å². The van der Waals surface area contributed by atoms with E-state index in [1.807, 2.05) is 48.5 Å². The van der Waals surface area contributed by atoms with Crippen LogP contribution >= 0.6 is 0 Å². The van der Waals surface area contributed by atoms with E-state index < -0.39 is 24.1 Å². The van der Waals surface area contributed by atoms with Gasteiger partial charge >= 0.3 is 12.1 Å². The lowest BCUT2D eigenvalue weighted by atomic mass is 9.98. The molecule has 35 heavy (non-hydrogen) atoms. The third-order valence-electron chi connectivity index (χ3n) is 5.75. The Morgan fingerprint density at radius 2 is 1.57 bits per heavy atom.